The Hall–Kier alpha value is -0.890. The molecule has 2 unspecified atom stereocenters. The third-order valence-electron chi connectivity index (χ3n) is 4.48. The molecule has 1 heterocycles. The maximum absolute atomic E-state index is 6.06. The average Bonchev–Trinajstić information content (AvgIpc) is 2.76. The summed E-state index contributed by atoms with van der Waals surface area (Å²) in [6.07, 6.45) is 8.17. The van der Waals surface area contributed by atoms with Gasteiger partial charge in [0.1, 0.15) is 0 Å². The molecule has 2 nitrogen and oxygen atoms in total. The van der Waals surface area contributed by atoms with Crippen LogP contribution in [0.25, 0.3) is 0 Å². The van der Waals surface area contributed by atoms with E-state index in [0.717, 1.165) is 18.9 Å². The summed E-state index contributed by atoms with van der Waals surface area (Å²) in [5.74, 6) is 0.877. The number of nitrogens with zero attached hydrogens (tertiary/aromatic N) is 1. The minimum atomic E-state index is 0.319. The first-order chi connectivity index (χ1) is 8.19. The Morgan fingerprint density at radius 3 is 2.94 bits per heavy atom. The molecule has 0 saturated heterocycles. The highest BCUT2D eigenvalue weighted by atomic mass is 14.7. The average molecular weight is 232 g/mol. The predicted molar refractivity (Wildman–Crippen MR) is 71.8 cm³/mol. The lowest BCUT2D eigenvalue weighted by molar-refractivity contribution is 0.287. The smallest absolute Gasteiger partial charge is 0.0438 e. The van der Waals surface area contributed by atoms with E-state index >= 15 is 0 Å². The molecule has 1 aliphatic rings. The predicted octanol–water partition coefficient (Wildman–Crippen LogP) is 3.09. The molecule has 0 amide bonds. The molecule has 1 fully saturated rings. The van der Waals surface area contributed by atoms with Gasteiger partial charge in [-0.1, -0.05) is 19.4 Å². The summed E-state index contributed by atoms with van der Waals surface area (Å²) < 4.78 is 0. The van der Waals surface area contributed by atoms with Gasteiger partial charge in [0.15, 0.2) is 0 Å². The summed E-state index contributed by atoms with van der Waals surface area (Å²) in [4.78, 5) is 4.53. The van der Waals surface area contributed by atoms with E-state index in [1.54, 1.807) is 0 Å². The van der Waals surface area contributed by atoms with Gasteiger partial charge in [-0.2, -0.15) is 0 Å². The summed E-state index contributed by atoms with van der Waals surface area (Å²) >= 11 is 0. The molecule has 1 aromatic rings. The van der Waals surface area contributed by atoms with Crippen molar-refractivity contribution in [2.75, 3.05) is 6.54 Å². The molecule has 2 rings (SSSR count). The summed E-state index contributed by atoms with van der Waals surface area (Å²) in [5, 5.41) is 0. The summed E-state index contributed by atoms with van der Waals surface area (Å²) in [7, 11) is 0. The zero-order valence-corrected chi connectivity index (χ0v) is 11.1. The molecule has 1 aromatic heterocycles. The molecule has 2 atom stereocenters. The Bertz CT molecular complexity index is 375. The van der Waals surface area contributed by atoms with Crippen LogP contribution in [0.4, 0.5) is 0 Å². The van der Waals surface area contributed by atoms with Gasteiger partial charge in [-0.25, -0.2) is 0 Å². The van der Waals surface area contributed by atoms with E-state index < -0.39 is 0 Å². The van der Waals surface area contributed by atoms with Gasteiger partial charge in [0.05, 0.1) is 0 Å². The number of hydrogen-bond donors (Lipinski definition) is 1. The van der Waals surface area contributed by atoms with Gasteiger partial charge in [-0.05, 0) is 62.1 Å². The Balaban J connectivity index is 2.13. The van der Waals surface area contributed by atoms with Crippen LogP contribution in [0, 0.1) is 18.3 Å². The monoisotopic (exact) mass is 232 g/mol. The number of hydrogen-bond acceptors (Lipinski definition) is 2. The second-order valence-corrected chi connectivity index (χ2v) is 5.66. The minimum Gasteiger partial charge on any atom is -0.330 e. The summed E-state index contributed by atoms with van der Waals surface area (Å²) in [6.45, 7) is 5.25. The molecule has 0 aliphatic heterocycles. The van der Waals surface area contributed by atoms with E-state index in [-0.39, 0.29) is 0 Å². The number of aryl methyl sites for hydroxylation is 1. The van der Waals surface area contributed by atoms with E-state index in [2.05, 4.69) is 24.9 Å². The fraction of sp³-hybridized carbons (Fsp3) is 0.667. The topological polar surface area (TPSA) is 38.9 Å². The number of nitrogens with two attached hydrogens (primary N) is 1. The first-order valence-electron chi connectivity index (χ1n) is 6.80. The van der Waals surface area contributed by atoms with Crippen LogP contribution in [0.3, 0.4) is 0 Å². The van der Waals surface area contributed by atoms with Crippen molar-refractivity contribution < 1.29 is 0 Å². The zero-order valence-electron chi connectivity index (χ0n) is 11.1. The van der Waals surface area contributed by atoms with Crippen LogP contribution in [0.5, 0.6) is 0 Å². The van der Waals surface area contributed by atoms with Crippen LogP contribution in [0.15, 0.2) is 18.3 Å². The van der Waals surface area contributed by atoms with Gasteiger partial charge in [0, 0.05) is 11.9 Å². The molecule has 17 heavy (non-hydrogen) atoms. The first kappa shape index (κ1) is 12.6. The van der Waals surface area contributed by atoms with Gasteiger partial charge in [-0.15, -0.1) is 0 Å². The van der Waals surface area contributed by atoms with Crippen molar-refractivity contribution in [3.05, 3.63) is 29.6 Å². The highest BCUT2D eigenvalue weighted by molar-refractivity contribution is 5.19. The molecule has 1 saturated carbocycles. The van der Waals surface area contributed by atoms with E-state index in [9.17, 15) is 0 Å². The molecule has 0 radical (unpaired) electrons. The van der Waals surface area contributed by atoms with Gasteiger partial charge >= 0.3 is 0 Å². The second kappa shape index (κ2) is 5.18. The lowest BCUT2D eigenvalue weighted by atomic mass is 9.80. The highest BCUT2D eigenvalue weighted by Crippen LogP contribution is 2.44. The lowest BCUT2D eigenvalue weighted by Crippen LogP contribution is -2.31. The third kappa shape index (κ3) is 2.68. The lowest BCUT2D eigenvalue weighted by Gasteiger charge is -2.28. The zero-order chi connectivity index (χ0) is 12.3. The number of rotatable bonds is 4. The fourth-order valence-corrected chi connectivity index (χ4v) is 3.15. The molecule has 94 valence electrons. The van der Waals surface area contributed by atoms with Crippen molar-refractivity contribution in [2.24, 2.45) is 17.1 Å². The van der Waals surface area contributed by atoms with Gasteiger partial charge < -0.3 is 5.73 Å². The largest absolute Gasteiger partial charge is 0.330 e. The van der Waals surface area contributed by atoms with Crippen LogP contribution in [-0.4, -0.2) is 11.5 Å². The Labute approximate surface area is 105 Å². The highest BCUT2D eigenvalue weighted by Gasteiger charge is 2.37. The van der Waals surface area contributed by atoms with Crippen molar-refractivity contribution in [3.8, 4) is 0 Å². The minimum absolute atomic E-state index is 0.319. The molecule has 1 aliphatic carbocycles. The van der Waals surface area contributed by atoms with Crippen molar-refractivity contribution in [2.45, 2.75) is 46.0 Å². The molecule has 2 N–H and O–H groups in total. The first-order valence-corrected chi connectivity index (χ1v) is 6.80. The van der Waals surface area contributed by atoms with Crippen LogP contribution in [0.1, 0.15) is 43.9 Å². The summed E-state index contributed by atoms with van der Waals surface area (Å²) in [6, 6.07) is 4.16. The van der Waals surface area contributed by atoms with Crippen molar-refractivity contribution in [1.82, 2.24) is 4.98 Å². The van der Waals surface area contributed by atoms with Crippen LogP contribution >= 0.6 is 0 Å². The Morgan fingerprint density at radius 1 is 1.53 bits per heavy atom. The van der Waals surface area contributed by atoms with Gasteiger partial charge in [-0.3, -0.25) is 4.98 Å². The molecule has 0 bridgehead atoms. The quantitative estimate of drug-likeness (QED) is 0.866. The number of pyridine rings is 1. The number of aromatic nitrogens is 1. The van der Waals surface area contributed by atoms with Crippen LogP contribution in [-0.2, 0) is 6.42 Å². The molecule has 2 heteroatoms. The van der Waals surface area contributed by atoms with Gasteiger partial charge in [0.2, 0.25) is 0 Å². The Morgan fingerprint density at radius 2 is 2.35 bits per heavy atom. The van der Waals surface area contributed by atoms with Crippen molar-refractivity contribution >= 4 is 0 Å². The van der Waals surface area contributed by atoms with Crippen molar-refractivity contribution in [3.63, 3.8) is 0 Å². The van der Waals surface area contributed by atoms with E-state index in [1.165, 1.54) is 36.9 Å². The van der Waals surface area contributed by atoms with Gasteiger partial charge in [0.25, 0.3) is 0 Å². The molecule has 0 aromatic carbocycles. The van der Waals surface area contributed by atoms with Crippen LogP contribution in [0.2, 0.25) is 0 Å². The summed E-state index contributed by atoms with van der Waals surface area (Å²) in [5.41, 5.74) is 8.93. The van der Waals surface area contributed by atoms with E-state index in [0.29, 0.717) is 5.41 Å². The van der Waals surface area contributed by atoms with E-state index in [1.807, 2.05) is 12.3 Å². The maximum atomic E-state index is 6.06. The standard InChI is InChI=1S/C15H24N2/c1-3-13-6-7-15(9-13,11-16)10-14-12(2)5-4-8-17-14/h4-5,8,13H,3,6-7,9-11,16H2,1-2H3. The van der Waals surface area contributed by atoms with Crippen LogP contribution < -0.4 is 5.73 Å². The molecular weight excluding hydrogens is 208 g/mol. The maximum Gasteiger partial charge on any atom is 0.0438 e. The Kier molecular flexibility index (Phi) is 3.82. The second-order valence-electron chi connectivity index (χ2n) is 5.66. The fourth-order valence-electron chi connectivity index (χ4n) is 3.15. The molecular formula is C15H24N2. The van der Waals surface area contributed by atoms with Crippen molar-refractivity contribution in [1.29, 1.82) is 0 Å². The SMILES string of the molecule is CCC1CCC(CN)(Cc2ncccc2C)C1. The van der Waals surface area contributed by atoms with E-state index in [4.69, 9.17) is 5.73 Å². The normalized spacial score (nSPS) is 28.5. The molecule has 0 spiro atoms. The third-order valence-corrected chi connectivity index (χ3v) is 4.48.